The van der Waals surface area contributed by atoms with Crippen molar-refractivity contribution in [2.24, 2.45) is 0 Å². The van der Waals surface area contributed by atoms with Gasteiger partial charge in [0.1, 0.15) is 12.3 Å². The number of hydrogen-bond donors (Lipinski definition) is 0. The van der Waals surface area contributed by atoms with Gasteiger partial charge in [-0.1, -0.05) is 17.7 Å². The standard InChI is InChI=1S/C20H21ClN4O2/c1-27-13-20(26)24-9-3-4-14(11-24)16-5-2-6-17(23-16)18-10-22-19-8-7-15(21)12-25(18)19/h2,5-8,10,12,14H,3-4,9,11,13H2,1H3. The number of carbonyl (C=O) groups is 1. The molecule has 0 aromatic carbocycles. The molecule has 7 heteroatoms. The zero-order valence-electron chi connectivity index (χ0n) is 15.1. The summed E-state index contributed by atoms with van der Waals surface area (Å²) in [6, 6.07) is 9.73. The number of methoxy groups -OCH3 is 1. The first-order valence-corrected chi connectivity index (χ1v) is 9.40. The third-order valence-electron chi connectivity index (χ3n) is 4.96. The first-order valence-electron chi connectivity index (χ1n) is 9.02. The second-order valence-electron chi connectivity index (χ2n) is 6.78. The van der Waals surface area contributed by atoms with E-state index in [0.717, 1.165) is 42.1 Å². The van der Waals surface area contributed by atoms with Gasteiger partial charge in [-0.25, -0.2) is 4.98 Å². The Bertz CT molecular complexity index is 972. The van der Waals surface area contributed by atoms with E-state index in [0.29, 0.717) is 11.6 Å². The molecule has 3 aromatic rings. The van der Waals surface area contributed by atoms with Gasteiger partial charge in [-0.15, -0.1) is 0 Å². The van der Waals surface area contributed by atoms with Crippen molar-refractivity contribution in [3.8, 4) is 11.4 Å². The molecular weight excluding hydrogens is 364 g/mol. The number of hydrogen-bond acceptors (Lipinski definition) is 4. The van der Waals surface area contributed by atoms with Gasteiger partial charge in [0.15, 0.2) is 0 Å². The molecule has 1 amide bonds. The number of likely N-dealkylation sites (tertiary alicyclic amines) is 1. The third kappa shape index (κ3) is 3.68. The molecule has 1 aliphatic heterocycles. The normalized spacial score (nSPS) is 17.4. The quantitative estimate of drug-likeness (QED) is 0.691. The van der Waals surface area contributed by atoms with Gasteiger partial charge >= 0.3 is 0 Å². The molecule has 1 aliphatic rings. The Morgan fingerprint density at radius 3 is 3.07 bits per heavy atom. The van der Waals surface area contributed by atoms with Crippen molar-refractivity contribution in [2.75, 3.05) is 26.8 Å². The number of ether oxygens (including phenoxy) is 1. The van der Waals surface area contributed by atoms with Crippen LogP contribution in [0.3, 0.4) is 0 Å². The summed E-state index contributed by atoms with van der Waals surface area (Å²) in [6.45, 7) is 1.59. The van der Waals surface area contributed by atoms with E-state index in [-0.39, 0.29) is 18.4 Å². The van der Waals surface area contributed by atoms with Gasteiger partial charge in [0.25, 0.3) is 0 Å². The minimum Gasteiger partial charge on any atom is -0.375 e. The van der Waals surface area contributed by atoms with Crippen LogP contribution in [0.4, 0.5) is 0 Å². The molecule has 0 saturated carbocycles. The molecule has 1 unspecified atom stereocenters. The Labute approximate surface area is 162 Å². The van der Waals surface area contributed by atoms with Crippen LogP contribution in [0.2, 0.25) is 5.02 Å². The average Bonchev–Trinajstić information content (AvgIpc) is 3.11. The molecule has 6 nitrogen and oxygen atoms in total. The Hall–Kier alpha value is -2.44. The molecule has 140 valence electrons. The number of piperidine rings is 1. The maximum absolute atomic E-state index is 12.2. The highest BCUT2D eigenvalue weighted by atomic mass is 35.5. The topological polar surface area (TPSA) is 59.7 Å². The van der Waals surface area contributed by atoms with E-state index in [9.17, 15) is 4.79 Å². The Morgan fingerprint density at radius 1 is 1.33 bits per heavy atom. The second-order valence-corrected chi connectivity index (χ2v) is 7.22. The van der Waals surface area contributed by atoms with Gasteiger partial charge in [-0.05, 0) is 37.1 Å². The molecular formula is C20H21ClN4O2. The maximum Gasteiger partial charge on any atom is 0.248 e. The van der Waals surface area contributed by atoms with Crippen LogP contribution in [-0.2, 0) is 9.53 Å². The van der Waals surface area contributed by atoms with Crippen molar-refractivity contribution >= 4 is 23.2 Å². The lowest BCUT2D eigenvalue weighted by atomic mass is 9.94. The van der Waals surface area contributed by atoms with Crippen LogP contribution in [-0.4, -0.2) is 52.0 Å². The van der Waals surface area contributed by atoms with Crippen LogP contribution in [0.5, 0.6) is 0 Å². The molecule has 0 N–H and O–H groups in total. The van der Waals surface area contributed by atoms with Crippen molar-refractivity contribution < 1.29 is 9.53 Å². The number of carbonyl (C=O) groups excluding carboxylic acids is 1. The summed E-state index contributed by atoms with van der Waals surface area (Å²) in [5, 5.41) is 0.650. The number of halogens is 1. The smallest absolute Gasteiger partial charge is 0.248 e. The Kier molecular flexibility index (Phi) is 5.09. The van der Waals surface area contributed by atoms with Crippen LogP contribution < -0.4 is 0 Å². The maximum atomic E-state index is 12.2. The number of aromatic nitrogens is 3. The van der Waals surface area contributed by atoms with Crippen LogP contribution in [0.25, 0.3) is 17.0 Å². The minimum absolute atomic E-state index is 0.0368. The lowest BCUT2D eigenvalue weighted by Gasteiger charge is -2.32. The van der Waals surface area contributed by atoms with E-state index in [2.05, 4.69) is 4.98 Å². The van der Waals surface area contributed by atoms with E-state index in [1.54, 1.807) is 7.11 Å². The van der Waals surface area contributed by atoms with Crippen molar-refractivity contribution in [1.82, 2.24) is 19.3 Å². The SMILES string of the molecule is COCC(=O)N1CCCC(c2cccc(-c3cnc4ccc(Cl)cn34)n2)C1. The minimum atomic E-state index is 0.0368. The predicted octanol–water partition coefficient (Wildman–Crippen LogP) is 3.40. The van der Waals surface area contributed by atoms with Crippen LogP contribution in [0, 0.1) is 0 Å². The van der Waals surface area contributed by atoms with E-state index in [1.165, 1.54) is 0 Å². The Balaban J connectivity index is 1.62. The average molecular weight is 385 g/mol. The number of imidazole rings is 1. The number of pyridine rings is 2. The first-order chi connectivity index (χ1) is 13.2. The van der Waals surface area contributed by atoms with Gasteiger partial charge in [0.2, 0.25) is 5.91 Å². The van der Waals surface area contributed by atoms with Crippen LogP contribution in [0.1, 0.15) is 24.5 Å². The van der Waals surface area contributed by atoms with E-state index in [1.807, 2.05) is 52.0 Å². The van der Waals surface area contributed by atoms with Gasteiger partial charge < -0.3 is 9.64 Å². The van der Waals surface area contributed by atoms with Crippen molar-refractivity contribution in [3.63, 3.8) is 0 Å². The molecule has 0 spiro atoms. The van der Waals surface area contributed by atoms with Crippen molar-refractivity contribution in [1.29, 1.82) is 0 Å². The molecule has 0 radical (unpaired) electrons. The molecule has 1 saturated heterocycles. The van der Waals surface area contributed by atoms with Crippen LogP contribution in [0.15, 0.2) is 42.7 Å². The summed E-state index contributed by atoms with van der Waals surface area (Å²) in [5.41, 5.74) is 3.58. The molecule has 4 rings (SSSR count). The number of rotatable bonds is 4. The fourth-order valence-electron chi connectivity index (χ4n) is 3.63. The number of amides is 1. The van der Waals surface area contributed by atoms with E-state index in [4.69, 9.17) is 21.3 Å². The predicted molar refractivity (Wildman–Crippen MR) is 104 cm³/mol. The monoisotopic (exact) mass is 384 g/mol. The van der Waals surface area contributed by atoms with Gasteiger partial charge in [0.05, 0.1) is 22.6 Å². The zero-order chi connectivity index (χ0) is 18.8. The fourth-order valence-corrected chi connectivity index (χ4v) is 3.79. The summed E-state index contributed by atoms with van der Waals surface area (Å²) in [7, 11) is 1.55. The molecule has 1 atom stereocenters. The molecule has 1 fully saturated rings. The highest BCUT2D eigenvalue weighted by molar-refractivity contribution is 6.30. The van der Waals surface area contributed by atoms with Gasteiger partial charge in [0, 0.05) is 38.0 Å². The fraction of sp³-hybridized carbons (Fsp3) is 0.350. The molecule has 0 aliphatic carbocycles. The molecule has 3 aromatic heterocycles. The summed E-state index contributed by atoms with van der Waals surface area (Å²) in [4.78, 5) is 23.4. The van der Waals surface area contributed by atoms with Gasteiger partial charge in [-0.3, -0.25) is 14.2 Å². The zero-order valence-corrected chi connectivity index (χ0v) is 15.9. The molecule has 27 heavy (non-hydrogen) atoms. The van der Waals surface area contributed by atoms with E-state index < -0.39 is 0 Å². The summed E-state index contributed by atoms with van der Waals surface area (Å²) < 4.78 is 6.94. The van der Waals surface area contributed by atoms with Crippen molar-refractivity contribution in [3.05, 3.63) is 53.4 Å². The van der Waals surface area contributed by atoms with Crippen molar-refractivity contribution in [2.45, 2.75) is 18.8 Å². The highest BCUT2D eigenvalue weighted by Gasteiger charge is 2.25. The summed E-state index contributed by atoms with van der Waals surface area (Å²) in [5.74, 6) is 0.261. The third-order valence-corrected chi connectivity index (χ3v) is 5.19. The Morgan fingerprint density at radius 2 is 2.22 bits per heavy atom. The second kappa shape index (κ2) is 7.66. The van der Waals surface area contributed by atoms with E-state index >= 15 is 0 Å². The largest absolute Gasteiger partial charge is 0.375 e. The lowest BCUT2D eigenvalue weighted by Crippen LogP contribution is -2.41. The first kappa shape index (κ1) is 17.9. The summed E-state index contributed by atoms with van der Waals surface area (Å²) in [6.07, 6.45) is 5.65. The molecule has 4 heterocycles. The lowest BCUT2D eigenvalue weighted by molar-refractivity contribution is -0.136. The number of nitrogens with zero attached hydrogens (tertiary/aromatic N) is 4. The molecule has 0 bridgehead atoms. The number of fused-ring (bicyclic) bond motifs is 1. The summed E-state index contributed by atoms with van der Waals surface area (Å²) >= 11 is 6.14. The van der Waals surface area contributed by atoms with Gasteiger partial charge in [-0.2, -0.15) is 0 Å². The van der Waals surface area contributed by atoms with Crippen LogP contribution >= 0.6 is 11.6 Å². The highest BCUT2D eigenvalue weighted by Crippen LogP contribution is 2.28.